The number of pyridine rings is 1. The molecule has 4 rings (SSSR count). The molecule has 1 aromatic carbocycles. The van der Waals surface area contributed by atoms with E-state index in [1.807, 2.05) is 0 Å². The van der Waals surface area contributed by atoms with Crippen molar-refractivity contribution in [3.8, 4) is 17.4 Å². The van der Waals surface area contributed by atoms with Crippen molar-refractivity contribution in [2.24, 2.45) is 5.92 Å². The van der Waals surface area contributed by atoms with E-state index in [0.717, 1.165) is 37.7 Å². The van der Waals surface area contributed by atoms with Crippen molar-refractivity contribution in [1.82, 2.24) is 14.8 Å². The fraction of sp³-hybridized carbons (Fsp3) is 0.500. The molecule has 2 aliphatic rings. The summed E-state index contributed by atoms with van der Waals surface area (Å²) in [7, 11) is 0. The number of hydrogen-bond donors (Lipinski definition) is 0. The van der Waals surface area contributed by atoms with Gasteiger partial charge in [0.25, 0.3) is 0 Å². The van der Waals surface area contributed by atoms with Gasteiger partial charge in [0.05, 0.1) is 5.56 Å². The molecule has 2 saturated heterocycles. The lowest BCUT2D eigenvalue weighted by molar-refractivity contribution is -0.137. The maximum Gasteiger partial charge on any atom is 0.417 e. The Kier molecular flexibility index (Phi) is 7.37. The van der Waals surface area contributed by atoms with E-state index in [-0.39, 0.29) is 12.0 Å². The van der Waals surface area contributed by atoms with Crippen molar-refractivity contribution in [3.63, 3.8) is 0 Å². The minimum Gasteiger partial charge on any atom is -0.439 e. The Labute approximate surface area is 191 Å². The average molecular weight is 464 g/mol. The van der Waals surface area contributed by atoms with Gasteiger partial charge in [-0.05, 0) is 88.0 Å². The van der Waals surface area contributed by atoms with E-state index in [0.29, 0.717) is 30.5 Å². The van der Waals surface area contributed by atoms with Gasteiger partial charge in [-0.15, -0.1) is 0 Å². The Balaban J connectivity index is 1.21. The van der Waals surface area contributed by atoms with Crippen LogP contribution >= 0.6 is 0 Å². The number of rotatable bonds is 6. The van der Waals surface area contributed by atoms with Crippen LogP contribution in [0.3, 0.4) is 0 Å². The van der Waals surface area contributed by atoms with Crippen molar-refractivity contribution in [2.45, 2.75) is 38.3 Å². The van der Waals surface area contributed by atoms with Gasteiger partial charge in [-0.25, -0.2) is 9.78 Å². The fourth-order valence-corrected chi connectivity index (χ4v) is 4.25. The minimum absolute atomic E-state index is 0.0420. The molecule has 33 heavy (non-hydrogen) atoms. The maximum absolute atomic E-state index is 12.6. The van der Waals surface area contributed by atoms with E-state index < -0.39 is 11.7 Å². The minimum atomic E-state index is -4.44. The predicted molar refractivity (Wildman–Crippen MR) is 116 cm³/mol. The monoisotopic (exact) mass is 463 g/mol. The topological polar surface area (TPSA) is 54.9 Å². The molecule has 2 aromatic rings. The quantitative estimate of drug-likeness (QED) is 0.559. The molecule has 0 aliphatic carbocycles. The largest absolute Gasteiger partial charge is 0.439 e. The number of carbonyl (C=O) groups excluding carboxylic acids is 1. The predicted octanol–water partition coefficient (Wildman–Crippen LogP) is 5.59. The van der Waals surface area contributed by atoms with E-state index in [1.54, 1.807) is 29.2 Å². The molecule has 9 heteroatoms. The molecule has 3 heterocycles. The molecule has 1 aromatic heterocycles. The number of ether oxygens (including phenoxy) is 2. The van der Waals surface area contributed by atoms with Gasteiger partial charge in [-0.1, -0.05) is 0 Å². The van der Waals surface area contributed by atoms with Crippen molar-refractivity contribution >= 4 is 6.09 Å². The van der Waals surface area contributed by atoms with Crippen LogP contribution in [0.25, 0.3) is 0 Å². The summed E-state index contributed by atoms with van der Waals surface area (Å²) >= 11 is 0. The van der Waals surface area contributed by atoms with Crippen LogP contribution < -0.4 is 9.47 Å². The van der Waals surface area contributed by atoms with E-state index in [2.05, 4.69) is 9.88 Å². The van der Waals surface area contributed by atoms with Gasteiger partial charge in [0.1, 0.15) is 11.5 Å². The molecule has 0 bridgehead atoms. The number of piperidine rings is 1. The third-order valence-electron chi connectivity index (χ3n) is 6.24. The van der Waals surface area contributed by atoms with Crippen molar-refractivity contribution < 1.29 is 27.4 Å². The highest BCUT2D eigenvalue weighted by atomic mass is 19.4. The highest BCUT2D eigenvalue weighted by Gasteiger charge is 2.30. The van der Waals surface area contributed by atoms with Crippen LogP contribution in [-0.2, 0) is 6.18 Å². The number of amides is 1. The van der Waals surface area contributed by atoms with Crippen molar-refractivity contribution in [1.29, 1.82) is 0 Å². The van der Waals surface area contributed by atoms with E-state index in [4.69, 9.17) is 9.47 Å². The maximum atomic E-state index is 12.6. The second-order valence-electron chi connectivity index (χ2n) is 8.59. The SMILES string of the molecule is O=C(Oc1ccc(Oc2ccc(C(F)(F)F)cn2)cc1)N1CCC(CCN2CCCC2)CC1. The Morgan fingerprint density at radius 1 is 0.970 bits per heavy atom. The highest BCUT2D eigenvalue weighted by Crippen LogP contribution is 2.30. The van der Waals surface area contributed by atoms with Crippen LogP contribution in [0.5, 0.6) is 17.4 Å². The Bertz CT molecular complexity index is 905. The van der Waals surface area contributed by atoms with Gasteiger partial charge >= 0.3 is 12.3 Å². The van der Waals surface area contributed by atoms with Crippen LogP contribution in [0.4, 0.5) is 18.0 Å². The number of likely N-dealkylation sites (tertiary alicyclic amines) is 2. The Morgan fingerprint density at radius 2 is 1.64 bits per heavy atom. The summed E-state index contributed by atoms with van der Waals surface area (Å²) in [6.07, 6.45) is 1.71. The van der Waals surface area contributed by atoms with Gasteiger partial charge < -0.3 is 19.3 Å². The summed E-state index contributed by atoms with van der Waals surface area (Å²) in [6, 6.07) is 8.39. The van der Waals surface area contributed by atoms with Crippen LogP contribution in [0, 0.1) is 5.92 Å². The highest BCUT2D eigenvalue weighted by molar-refractivity contribution is 5.70. The first-order valence-electron chi connectivity index (χ1n) is 11.4. The van der Waals surface area contributed by atoms with Crippen LogP contribution in [0.2, 0.25) is 0 Å². The molecule has 0 atom stereocenters. The van der Waals surface area contributed by atoms with Gasteiger partial charge in [0.15, 0.2) is 0 Å². The van der Waals surface area contributed by atoms with Gasteiger partial charge in [-0.3, -0.25) is 0 Å². The third-order valence-corrected chi connectivity index (χ3v) is 6.24. The van der Waals surface area contributed by atoms with Gasteiger partial charge in [0.2, 0.25) is 5.88 Å². The average Bonchev–Trinajstić information content (AvgIpc) is 3.33. The molecule has 0 N–H and O–H groups in total. The van der Waals surface area contributed by atoms with Gasteiger partial charge in [-0.2, -0.15) is 13.2 Å². The van der Waals surface area contributed by atoms with Crippen LogP contribution in [-0.4, -0.2) is 53.6 Å². The second-order valence-corrected chi connectivity index (χ2v) is 8.59. The molecule has 6 nitrogen and oxygen atoms in total. The number of benzene rings is 1. The molecule has 0 spiro atoms. The number of carbonyl (C=O) groups is 1. The normalized spacial score (nSPS) is 17.8. The standard InChI is InChI=1S/C24H28F3N3O3/c25-24(26,27)19-3-8-22(28-17-19)32-20-4-6-21(7-5-20)33-23(31)30-15-10-18(11-16-30)9-14-29-12-1-2-13-29/h3-8,17-18H,1-2,9-16H2. The first kappa shape index (κ1) is 23.4. The summed E-state index contributed by atoms with van der Waals surface area (Å²) in [5.74, 6) is 1.45. The molecule has 0 unspecified atom stereocenters. The molecule has 0 saturated carbocycles. The molecular formula is C24H28F3N3O3. The summed E-state index contributed by atoms with van der Waals surface area (Å²) in [4.78, 5) is 20.4. The van der Waals surface area contributed by atoms with Gasteiger partial charge in [0, 0.05) is 25.4 Å². The van der Waals surface area contributed by atoms with Crippen molar-refractivity contribution in [3.05, 3.63) is 48.2 Å². The first-order chi connectivity index (χ1) is 15.9. The molecule has 0 radical (unpaired) electrons. The zero-order valence-electron chi connectivity index (χ0n) is 18.4. The number of halogens is 3. The Morgan fingerprint density at radius 3 is 2.24 bits per heavy atom. The number of nitrogens with zero attached hydrogens (tertiary/aromatic N) is 3. The van der Waals surface area contributed by atoms with Crippen molar-refractivity contribution in [2.75, 3.05) is 32.7 Å². The molecule has 1 amide bonds. The zero-order valence-corrected chi connectivity index (χ0v) is 18.4. The summed E-state index contributed by atoms with van der Waals surface area (Å²) < 4.78 is 48.8. The summed E-state index contributed by atoms with van der Waals surface area (Å²) in [5.41, 5.74) is -0.840. The number of aromatic nitrogens is 1. The second kappa shape index (κ2) is 10.4. The van der Waals surface area contributed by atoms with Crippen LogP contribution in [0.15, 0.2) is 42.6 Å². The smallest absolute Gasteiger partial charge is 0.417 e. The first-order valence-corrected chi connectivity index (χ1v) is 11.4. The number of alkyl halides is 3. The molecular weight excluding hydrogens is 435 g/mol. The summed E-state index contributed by atoms with van der Waals surface area (Å²) in [5, 5.41) is 0. The third kappa shape index (κ3) is 6.60. The molecule has 2 fully saturated rings. The van der Waals surface area contributed by atoms with E-state index >= 15 is 0 Å². The lowest BCUT2D eigenvalue weighted by atomic mass is 9.93. The lowest BCUT2D eigenvalue weighted by Gasteiger charge is -2.32. The van der Waals surface area contributed by atoms with E-state index in [9.17, 15) is 18.0 Å². The molecule has 178 valence electrons. The fourth-order valence-electron chi connectivity index (χ4n) is 4.25. The van der Waals surface area contributed by atoms with E-state index in [1.165, 1.54) is 32.4 Å². The Hall–Kier alpha value is -2.81. The lowest BCUT2D eigenvalue weighted by Crippen LogP contribution is -2.40. The summed E-state index contributed by atoms with van der Waals surface area (Å²) in [6.45, 7) is 4.99. The molecule has 2 aliphatic heterocycles. The number of hydrogen-bond acceptors (Lipinski definition) is 5. The zero-order chi connectivity index (χ0) is 23.3. The van der Waals surface area contributed by atoms with Crippen LogP contribution in [0.1, 0.15) is 37.7 Å².